The van der Waals surface area contributed by atoms with Gasteiger partial charge in [0.1, 0.15) is 17.3 Å². The van der Waals surface area contributed by atoms with E-state index >= 15 is 0 Å². The van der Waals surface area contributed by atoms with E-state index in [1.165, 1.54) is 0 Å². The fourth-order valence-electron chi connectivity index (χ4n) is 1.83. The Morgan fingerprint density at radius 3 is 2.63 bits per heavy atom. The summed E-state index contributed by atoms with van der Waals surface area (Å²) in [5.74, 6) is 2.21. The van der Waals surface area contributed by atoms with E-state index in [1.807, 2.05) is 50.2 Å². The maximum atomic E-state index is 5.96. The van der Waals surface area contributed by atoms with Gasteiger partial charge >= 0.3 is 0 Å². The molecule has 2 aromatic rings. The number of ether oxygens (including phenoxy) is 2. The summed E-state index contributed by atoms with van der Waals surface area (Å²) in [5.41, 5.74) is 5.96. The second-order valence-electron chi connectivity index (χ2n) is 4.32. The number of benzene rings is 1. The van der Waals surface area contributed by atoms with E-state index in [9.17, 15) is 0 Å². The van der Waals surface area contributed by atoms with Crippen LogP contribution in [0.25, 0.3) is 0 Å². The van der Waals surface area contributed by atoms with Crippen LogP contribution in [0.5, 0.6) is 11.5 Å². The molecule has 19 heavy (non-hydrogen) atoms. The van der Waals surface area contributed by atoms with Crippen LogP contribution in [0.1, 0.15) is 25.7 Å². The molecule has 2 rings (SSSR count). The molecule has 0 aliphatic carbocycles. The minimum atomic E-state index is -0.313. The molecule has 4 heteroatoms. The zero-order valence-electron chi connectivity index (χ0n) is 11.2. The van der Waals surface area contributed by atoms with Crippen LogP contribution >= 0.6 is 0 Å². The van der Waals surface area contributed by atoms with Crippen molar-refractivity contribution in [2.75, 3.05) is 6.61 Å². The van der Waals surface area contributed by atoms with Gasteiger partial charge in [-0.15, -0.1) is 0 Å². The van der Waals surface area contributed by atoms with Crippen LogP contribution in [-0.4, -0.2) is 12.6 Å². The monoisotopic (exact) mass is 261 g/mol. The fourth-order valence-corrected chi connectivity index (χ4v) is 1.83. The predicted molar refractivity (Wildman–Crippen MR) is 73.3 cm³/mol. The summed E-state index contributed by atoms with van der Waals surface area (Å²) in [6.45, 7) is 4.46. The molecule has 2 atom stereocenters. The van der Waals surface area contributed by atoms with E-state index in [2.05, 4.69) is 0 Å². The Morgan fingerprint density at radius 1 is 1.21 bits per heavy atom. The first-order valence-corrected chi connectivity index (χ1v) is 6.39. The van der Waals surface area contributed by atoms with Gasteiger partial charge in [-0.05, 0) is 38.1 Å². The van der Waals surface area contributed by atoms with E-state index in [4.69, 9.17) is 19.6 Å². The van der Waals surface area contributed by atoms with Crippen LogP contribution in [0.15, 0.2) is 47.1 Å². The van der Waals surface area contributed by atoms with Crippen molar-refractivity contribution in [3.05, 3.63) is 48.4 Å². The van der Waals surface area contributed by atoms with E-state index in [0.29, 0.717) is 12.4 Å². The highest BCUT2D eigenvalue weighted by atomic mass is 16.5. The molecule has 102 valence electrons. The molecule has 1 aromatic carbocycles. The predicted octanol–water partition coefficient (Wildman–Crippen LogP) is 3.15. The van der Waals surface area contributed by atoms with Gasteiger partial charge in [-0.2, -0.15) is 0 Å². The SMILES string of the molecule is CCOc1cccc(OC(c2ccco2)C(C)N)c1. The third-order valence-electron chi connectivity index (χ3n) is 2.68. The van der Waals surface area contributed by atoms with Crippen molar-refractivity contribution in [1.29, 1.82) is 0 Å². The van der Waals surface area contributed by atoms with Gasteiger partial charge in [0, 0.05) is 12.1 Å². The average molecular weight is 261 g/mol. The van der Waals surface area contributed by atoms with Crippen LogP contribution in [0.4, 0.5) is 0 Å². The highest BCUT2D eigenvalue weighted by Gasteiger charge is 2.21. The standard InChI is InChI=1S/C15H19NO3/c1-3-17-12-6-4-7-13(10-12)19-15(11(2)16)14-8-5-9-18-14/h4-11,15H,3,16H2,1-2H3. The first-order chi connectivity index (χ1) is 9.20. The smallest absolute Gasteiger partial charge is 0.171 e. The second-order valence-corrected chi connectivity index (χ2v) is 4.32. The lowest BCUT2D eigenvalue weighted by Gasteiger charge is -2.20. The number of rotatable bonds is 6. The maximum Gasteiger partial charge on any atom is 0.171 e. The summed E-state index contributed by atoms with van der Waals surface area (Å²) in [6, 6.07) is 11.0. The quantitative estimate of drug-likeness (QED) is 0.867. The number of hydrogen-bond donors (Lipinski definition) is 1. The molecule has 0 fully saturated rings. The van der Waals surface area contributed by atoms with Crippen molar-refractivity contribution in [2.45, 2.75) is 26.0 Å². The zero-order chi connectivity index (χ0) is 13.7. The molecule has 0 aliphatic heterocycles. The first-order valence-electron chi connectivity index (χ1n) is 6.39. The lowest BCUT2D eigenvalue weighted by atomic mass is 10.1. The number of nitrogens with two attached hydrogens (primary N) is 1. The van der Waals surface area contributed by atoms with Crippen molar-refractivity contribution in [3.63, 3.8) is 0 Å². The molecule has 1 heterocycles. The van der Waals surface area contributed by atoms with E-state index in [0.717, 1.165) is 11.5 Å². The van der Waals surface area contributed by atoms with Gasteiger partial charge in [-0.3, -0.25) is 0 Å². The molecular weight excluding hydrogens is 242 g/mol. The van der Waals surface area contributed by atoms with Gasteiger partial charge in [0.25, 0.3) is 0 Å². The van der Waals surface area contributed by atoms with Crippen molar-refractivity contribution in [1.82, 2.24) is 0 Å². The molecule has 0 saturated heterocycles. The van der Waals surface area contributed by atoms with Gasteiger partial charge in [0.2, 0.25) is 0 Å². The third kappa shape index (κ3) is 3.51. The normalized spacial score (nSPS) is 13.8. The molecule has 4 nitrogen and oxygen atoms in total. The Hall–Kier alpha value is -1.94. The Balaban J connectivity index is 2.15. The summed E-state index contributed by atoms with van der Waals surface area (Å²) < 4.78 is 16.7. The Bertz CT molecular complexity index is 494. The Kier molecular flexibility index (Phi) is 4.47. The summed E-state index contributed by atoms with van der Waals surface area (Å²) >= 11 is 0. The Morgan fingerprint density at radius 2 is 2.00 bits per heavy atom. The fraction of sp³-hybridized carbons (Fsp3) is 0.333. The minimum absolute atomic E-state index is 0.179. The van der Waals surface area contributed by atoms with Crippen molar-refractivity contribution >= 4 is 0 Å². The zero-order valence-corrected chi connectivity index (χ0v) is 11.2. The van der Waals surface area contributed by atoms with E-state index in [1.54, 1.807) is 6.26 Å². The number of hydrogen-bond acceptors (Lipinski definition) is 4. The van der Waals surface area contributed by atoms with Crippen LogP contribution < -0.4 is 15.2 Å². The summed E-state index contributed by atoms with van der Waals surface area (Å²) in [5, 5.41) is 0. The molecule has 2 unspecified atom stereocenters. The minimum Gasteiger partial charge on any atom is -0.494 e. The molecule has 1 aromatic heterocycles. The van der Waals surface area contributed by atoms with Crippen LogP contribution in [0.2, 0.25) is 0 Å². The van der Waals surface area contributed by atoms with Crippen LogP contribution in [0, 0.1) is 0 Å². The number of furan rings is 1. The van der Waals surface area contributed by atoms with Crippen LogP contribution in [0.3, 0.4) is 0 Å². The van der Waals surface area contributed by atoms with Gasteiger partial charge in [0.15, 0.2) is 6.10 Å². The lowest BCUT2D eigenvalue weighted by Crippen LogP contribution is -2.28. The van der Waals surface area contributed by atoms with Crippen molar-refractivity contribution in [3.8, 4) is 11.5 Å². The highest BCUT2D eigenvalue weighted by molar-refractivity contribution is 5.33. The summed E-state index contributed by atoms with van der Waals surface area (Å²) in [4.78, 5) is 0. The molecule has 0 saturated carbocycles. The molecule has 2 N–H and O–H groups in total. The van der Waals surface area contributed by atoms with Crippen molar-refractivity contribution in [2.24, 2.45) is 5.73 Å². The van der Waals surface area contributed by atoms with Gasteiger partial charge in [0.05, 0.1) is 12.9 Å². The lowest BCUT2D eigenvalue weighted by molar-refractivity contribution is 0.152. The largest absolute Gasteiger partial charge is 0.494 e. The van der Waals surface area contributed by atoms with Gasteiger partial charge in [-0.25, -0.2) is 0 Å². The second kappa shape index (κ2) is 6.29. The molecule has 0 spiro atoms. The Labute approximate surface area is 113 Å². The van der Waals surface area contributed by atoms with Gasteiger partial charge < -0.3 is 19.6 Å². The highest BCUT2D eigenvalue weighted by Crippen LogP contribution is 2.27. The maximum absolute atomic E-state index is 5.96. The van der Waals surface area contributed by atoms with Gasteiger partial charge in [-0.1, -0.05) is 6.07 Å². The first kappa shape index (κ1) is 13.5. The van der Waals surface area contributed by atoms with Crippen molar-refractivity contribution < 1.29 is 13.9 Å². The molecule has 0 aliphatic rings. The summed E-state index contributed by atoms with van der Waals surface area (Å²) in [6.07, 6.45) is 1.30. The molecular formula is C15H19NO3. The molecule has 0 bridgehead atoms. The topological polar surface area (TPSA) is 57.6 Å². The third-order valence-corrected chi connectivity index (χ3v) is 2.68. The van der Waals surface area contributed by atoms with E-state index in [-0.39, 0.29) is 12.1 Å². The molecule has 0 radical (unpaired) electrons. The van der Waals surface area contributed by atoms with Crippen LogP contribution in [-0.2, 0) is 0 Å². The molecule has 0 amide bonds. The summed E-state index contributed by atoms with van der Waals surface area (Å²) in [7, 11) is 0. The average Bonchev–Trinajstić information content (AvgIpc) is 2.90. The van der Waals surface area contributed by atoms with E-state index < -0.39 is 0 Å².